The number of aromatic nitrogens is 3. The summed E-state index contributed by atoms with van der Waals surface area (Å²) in [6.45, 7) is 6.50. The lowest BCUT2D eigenvalue weighted by molar-refractivity contribution is 0.104. The largest absolute Gasteiger partial charge is 0.364 e. The van der Waals surface area contributed by atoms with E-state index in [2.05, 4.69) is 59.1 Å². The molecule has 3 aromatic rings. The zero-order valence-corrected chi connectivity index (χ0v) is 19.7. The Morgan fingerprint density at radius 3 is 2.79 bits per heavy atom. The monoisotopic (exact) mass is 444 g/mol. The molecule has 1 aliphatic heterocycles. The number of rotatable bonds is 3. The first-order valence-electron chi connectivity index (χ1n) is 12.0. The topological polar surface area (TPSA) is 70.1 Å². The van der Waals surface area contributed by atoms with Crippen LogP contribution >= 0.6 is 0 Å². The van der Waals surface area contributed by atoms with Gasteiger partial charge in [-0.1, -0.05) is 30.7 Å². The molecular formula is C26H32N6O. The van der Waals surface area contributed by atoms with Crippen molar-refractivity contribution in [2.45, 2.75) is 64.2 Å². The highest BCUT2D eigenvalue weighted by molar-refractivity contribution is 5.88. The maximum Gasteiger partial charge on any atom is 0.252 e. The Balaban J connectivity index is 1.49. The van der Waals surface area contributed by atoms with Crippen LogP contribution < -0.4 is 10.5 Å². The zero-order valence-electron chi connectivity index (χ0n) is 19.7. The number of hydrogen-bond donors (Lipinski definition) is 0. The molecular weight excluding hydrogens is 412 g/mol. The molecule has 1 saturated heterocycles. The van der Waals surface area contributed by atoms with E-state index < -0.39 is 0 Å². The van der Waals surface area contributed by atoms with Crippen molar-refractivity contribution in [2.75, 3.05) is 18.0 Å². The van der Waals surface area contributed by atoms with Gasteiger partial charge in [-0.15, -0.1) is 0 Å². The first kappa shape index (κ1) is 21.7. The minimum Gasteiger partial charge on any atom is -0.364 e. The molecule has 2 aliphatic rings. The number of nitriles is 1. The van der Waals surface area contributed by atoms with E-state index in [-0.39, 0.29) is 18.1 Å². The summed E-state index contributed by atoms with van der Waals surface area (Å²) in [7, 11) is 1.76. The molecule has 7 nitrogen and oxygen atoms in total. The molecule has 1 unspecified atom stereocenters. The highest BCUT2D eigenvalue weighted by Gasteiger charge is 2.36. The number of pyridine rings is 1. The lowest BCUT2D eigenvalue weighted by atomic mass is 9.94. The van der Waals surface area contributed by atoms with Gasteiger partial charge in [-0.05, 0) is 44.2 Å². The van der Waals surface area contributed by atoms with E-state index in [1.807, 2.05) is 0 Å². The second kappa shape index (κ2) is 8.68. The molecule has 1 aromatic carbocycles. The van der Waals surface area contributed by atoms with E-state index in [1.54, 1.807) is 28.6 Å². The van der Waals surface area contributed by atoms with Gasteiger partial charge in [0.2, 0.25) is 0 Å². The van der Waals surface area contributed by atoms with Crippen molar-refractivity contribution in [3.63, 3.8) is 0 Å². The Kier molecular flexibility index (Phi) is 5.71. The molecule has 0 amide bonds. The van der Waals surface area contributed by atoms with Gasteiger partial charge in [0.05, 0.1) is 23.5 Å². The van der Waals surface area contributed by atoms with Crippen LogP contribution in [0.3, 0.4) is 0 Å². The van der Waals surface area contributed by atoms with Crippen molar-refractivity contribution in [1.29, 1.82) is 5.26 Å². The van der Waals surface area contributed by atoms with Gasteiger partial charge in [0.25, 0.3) is 5.56 Å². The third kappa shape index (κ3) is 3.83. The average molecular weight is 445 g/mol. The molecule has 3 atom stereocenters. The van der Waals surface area contributed by atoms with E-state index >= 15 is 0 Å². The van der Waals surface area contributed by atoms with Crippen molar-refractivity contribution in [1.82, 2.24) is 19.2 Å². The van der Waals surface area contributed by atoms with Gasteiger partial charge < -0.3 is 9.47 Å². The van der Waals surface area contributed by atoms with E-state index in [4.69, 9.17) is 5.26 Å². The molecule has 3 heterocycles. The smallest absolute Gasteiger partial charge is 0.252 e. The van der Waals surface area contributed by atoms with Crippen LogP contribution in [0.5, 0.6) is 0 Å². The van der Waals surface area contributed by atoms with Crippen molar-refractivity contribution in [3.05, 3.63) is 58.0 Å². The second-order valence-electron chi connectivity index (χ2n) is 9.65. The van der Waals surface area contributed by atoms with E-state index in [0.717, 1.165) is 29.8 Å². The van der Waals surface area contributed by atoms with Gasteiger partial charge in [-0.3, -0.25) is 14.4 Å². The van der Waals surface area contributed by atoms with Gasteiger partial charge in [0.1, 0.15) is 12.1 Å². The van der Waals surface area contributed by atoms with Crippen LogP contribution in [-0.4, -0.2) is 44.4 Å². The molecule has 33 heavy (non-hydrogen) atoms. The third-order valence-electron chi connectivity index (χ3n) is 7.50. The molecule has 1 aliphatic carbocycles. The van der Waals surface area contributed by atoms with Crippen LogP contribution in [0.2, 0.25) is 0 Å². The van der Waals surface area contributed by atoms with Gasteiger partial charge in [-0.2, -0.15) is 10.4 Å². The molecule has 172 valence electrons. The predicted octanol–water partition coefficient (Wildman–Crippen LogP) is 3.63. The Labute approximate surface area is 194 Å². The number of hydrogen-bond acceptors (Lipinski definition) is 5. The van der Waals surface area contributed by atoms with Gasteiger partial charge in [0.15, 0.2) is 0 Å². The summed E-state index contributed by atoms with van der Waals surface area (Å²) >= 11 is 0. The SMILES string of the molecule is C[C@@H]1CN(c2cc(=O)n(C)c3cn(CC#N)nc23)[C@@H](C)CN1C1CCCCc2ccccc21. The highest BCUT2D eigenvalue weighted by atomic mass is 16.1. The van der Waals surface area contributed by atoms with E-state index in [9.17, 15) is 4.79 Å². The summed E-state index contributed by atoms with van der Waals surface area (Å²) in [4.78, 5) is 17.8. The van der Waals surface area contributed by atoms with Crippen LogP contribution in [0.15, 0.2) is 41.3 Å². The summed E-state index contributed by atoms with van der Waals surface area (Å²) < 4.78 is 3.24. The van der Waals surface area contributed by atoms with Crippen LogP contribution in [0, 0.1) is 11.3 Å². The molecule has 5 rings (SSSR count). The van der Waals surface area contributed by atoms with Crippen molar-refractivity contribution in [2.24, 2.45) is 7.05 Å². The maximum absolute atomic E-state index is 12.8. The number of piperazine rings is 1. The predicted molar refractivity (Wildman–Crippen MR) is 130 cm³/mol. The Hall–Kier alpha value is -3.11. The Morgan fingerprint density at radius 1 is 1.15 bits per heavy atom. The first-order valence-corrected chi connectivity index (χ1v) is 12.0. The minimum absolute atomic E-state index is 0.0472. The molecule has 0 spiro atoms. The van der Waals surface area contributed by atoms with Crippen molar-refractivity contribution >= 4 is 16.7 Å². The van der Waals surface area contributed by atoms with Gasteiger partial charge in [0, 0.05) is 44.3 Å². The number of fused-ring (bicyclic) bond motifs is 2. The fourth-order valence-corrected chi connectivity index (χ4v) is 5.78. The summed E-state index contributed by atoms with van der Waals surface area (Å²) in [5.41, 5.74) is 5.39. The van der Waals surface area contributed by atoms with Crippen molar-refractivity contribution in [3.8, 4) is 6.07 Å². The molecule has 0 radical (unpaired) electrons. The van der Waals surface area contributed by atoms with Crippen LogP contribution in [0.25, 0.3) is 11.0 Å². The lowest BCUT2D eigenvalue weighted by Gasteiger charge is -2.48. The Morgan fingerprint density at radius 2 is 1.97 bits per heavy atom. The maximum atomic E-state index is 12.8. The lowest BCUT2D eigenvalue weighted by Crippen LogP contribution is -2.57. The standard InChI is InChI=1S/C26H32N6O/c1-18-16-32(23-14-25(33)29(3)24-17-30(13-12-27)28-26(23)24)19(2)15-31(18)22-11-7-5-9-20-8-4-6-10-21(20)22/h4,6,8,10,14,17-19,22H,5,7,9,11,13,15-16H2,1-3H3/t18-,19+,22?/m1/s1. The molecule has 0 saturated carbocycles. The van der Waals surface area contributed by atoms with E-state index in [0.29, 0.717) is 12.1 Å². The fraction of sp³-hybridized carbons (Fsp3) is 0.500. The fourth-order valence-electron chi connectivity index (χ4n) is 5.78. The molecule has 1 fully saturated rings. The second-order valence-corrected chi connectivity index (χ2v) is 9.65. The summed E-state index contributed by atoms with van der Waals surface area (Å²) in [6, 6.07) is 13.9. The normalized spacial score (nSPS) is 23.8. The number of anilines is 1. The number of benzene rings is 1. The summed E-state index contributed by atoms with van der Waals surface area (Å²) in [5.74, 6) is 0. The van der Waals surface area contributed by atoms with Crippen molar-refractivity contribution < 1.29 is 0 Å². The van der Waals surface area contributed by atoms with Gasteiger partial charge >= 0.3 is 0 Å². The first-order chi connectivity index (χ1) is 16.0. The zero-order chi connectivity index (χ0) is 23.1. The van der Waals surface area contributed by atoms with Crippen LogP contribution in [-0.2, 0) is 20.0 Å². The third-order valence-corrected chi connectivity index (χ3v) is 7.50. The van der Waals surface area contributed by atoms with Crippen LogP contribution in [0.4, 0.5) is 5.69 Å². The number of aryl methyl sites for hydroxylation is 2. The summed E-state index contributed by atoms with van der Waals surface area (Å²) in [5, 5.41) is 13.8. The van der Waals surface area contributed by atoms with E-state index in [1.165, 1.54) is 36.8 Å². The molecule has 7 heteroatoms. The molecule has 2 aromatic heterocycles. The molecule has 0 bridgehead atoms. The average Bonchev–Trinajstić information content (AvgIpc) is 3.11. The highest BCUT2D eigenvalue weighted by Crippen LogP contribution is 2.37. The number of nitrogens with zero attached hydrogens (tertiary/aromatic N) is 6. The van der Waals surface area contributed by atoms with Gasteiger partial charge in [-0.25, -0.2) is 0 Å². The Bertz CT molecular complexity index is 1270. The summed E-state index contributed by atoms with van der Waals surface area (Å²) in [6.07, 6.45) is 6.69. The van der Waals surface area contributed by atoms with Crippen LogP contribution in [0.1, 0.15) is 50.3 Å². The minimum atomic E-state index is -0.0472. The quantitative estimate of drug-likeness (QED) is 0.577. The molecule has 0 N–H and O–H groups in total.